The molecule has 27 heavy (non-hydrogen) atoms. The first-order valence-electron chi connectivity index (χ1n) is 9.17. The highest BCUT2D eigenvalue weighted by atomic mass is 31.2. The average Bonchev–Trinajstić information content (AvgIpc) is 2.65. The van der Waals surface area contributed by atoms with E-state index < -0.39 is 7.60 Å². The van der Waals surface area contributed by atoms with Crippen LogP contribution in [0.1, 0.15) is 19.4 Å². The molecule has 3 rings (SSSR count). The summed E-state index contributed by atoms with van der Waals surface area (Å²) in [5.41, 5.74) is 0.844. The fourth-order valence-corrected chi connectivity index (χ4v) is 5.03. The number of rotatable bonds is 9. The van der Waals surface area contributed by atoms with Gasteiger partial charge in [-0.15, -0.1) is 0 Å². The molecule has 144 valence electrons. The maximum atomic E-state index is 13.1. The Morgan fingerprint density at radius 3 is 2.37 bits per heavy atom. The van der Waals surface area contributed by atoms with E-state index in [9.17, 15) is 9.67 Å². The van der Waals surface area contributed by atoms with Gasteiger partial charge in [-0.05, 0) is 36.2 Å². The second-order valence-electron chi connectivity index (χ2n) is 6.12. The third-order valence-electron chi connectivity index (χ3n) is 4.28. The van der Waals surface area contributed by atoms with Crippen molar-refractivity contribution in [3.63, 3.8) is 0 Å². The van der Waals surface area contributed by atoms with Gasteiger partial charge in [-0.1, -0.05) is 42.5 Å². The van der Waals surface area contributed by atoms with Gasteiger partial charge in [0.25, 0.3) is 0 Å². The molecule has 0 atom stereocenters. The summed E-state index contributed by atoms with van der Waals surface area (Å²) < 4.78 is 30.0. The lowest BCUT2D eigenvalue weighted by Crippen LogP contribution is -2.04. The van der Waals surface area contributed by atoms with Crippen molar-refractivity contribution < 1.29 is 23.5 Å². The highest BCUT2D eigenvalue weighted by molar-refractivity contribution is 7.53. The molecule has 3 aromatic rings. The molecule has 5 nitrogen and oxygen atoms in total. The quantitative estimate of drug-likeness (QED) is 0.407. The van der Waals surface area contributed by atoms with Crippen LogP contribution in [0.4, 0.5) is 0 Å². The van der Waals surface area contributed by atoms with Crippen molar-refractivity contribution in [2.24, 2.45) is 0 Å². The smallest absolute Gasteiger partial charge is 0.335 e. The number of benzene rings is 3. The Labute approximate surface area is 159 Å². The molecule has 0 heterocycles. The van der Waals surface area contributed by atoms with Crippen LogP contribution in [0.5, 0.6) is 5.75 Å². The van der Waals surface area contributed by atoms with Gasteiger partial charge in [0.05, 0.1) is 26.0 Å². The molecular formula is C21H25O5P. The van der Waals surface area contributed by atoms with E-state index in [0.29, 0.717) is 19.0 Å². The van der Waals surface area contributed by atoms with E-state index in [1.54, 1.807) is 13.8 Å². The normalized spacial score (nSPS) is 12.0. The molecule has 0 aliphatic rings. The van der Waals surface area contributed by atoms with E-state index in [1.807, 2.05) is 42.5 Å². The van der Waals surface area contributed by atoms with E-state index in [4.69, 9.17) is 13.8 Å². The number of ether oxygens (including phenoxy) is 1. The molecule has 0 bridgehead atoms. The van der Waals surface area contributed by atoms with E-state index in [2.05, 4.69) is 6.07 Å². The van der Waals surface area contributed by atoms with Crippen molar-refractivity contribution in [3.8, 4) is 5.75 Å². The minimum absolute atomic E-state index is 0.0801. The summed E-state index contributed by atoms with van der Waals surface area (Å²) in [5.74, 6) is 0.687. The maximum Gasteiger partial charge on any atom is 0.335 e. The predicted octanol–water partition coefficient (Wildman–Crippen LogP) is 5.13. The summed E-state index contributed by atoms with van der Waals surface area (Å²) in [6.07, 6.45) is 0.167. The SMILES string of the molecule is CCOP(=O)(Cc1cccc2cc3ccccc3c(OCCO)c12)OCC. The minimum atomic E-state index is -3.26. The summed E-state index contributed by atoms with van der Waals surface area (Å²) in [6, 6.07) is 15.9. The van der Waals surface area contributed by atoms with Crippen LogP contribution in [0.3, 0.4) is 0 Å². The van der Waals surface area contributed by atoms with Crippen molar-refractivity contribution in [3.05, 3.63) is 54.1 Å². The van der Waals surface area contributed by atoms with E-state index >= 15 is 0 Å². The molecule has 0 fully saturated rings. The Kier molecular flexibility index (Phi) is 6.51. The Bertz CT molecular complexity index is 959. The second kappa shape index (κ2) is 8.85. The standard InChI is InChI=1S/C21H25O5P/c1-3-25-27(23,26-4-2)15-18-10-7-9-17-14-16-8-5-6-11-19(16)21(20(17)18)24-13-12-22/h5-11,14,22H,3-4,12-13,15H2,1-2H3. The van der Waals surface area contributed by atoms with Gasteiger partial charge >= 0.3 is 7.60 Å². The molecule has 0 unspecified atom stereocenters. The number of aliphatic hydroxyl groups excluding tert-OH is 1. The van der Waals surface area contributed by atoms with Crippen LogP contribution < -0.4 is 4.74 Å². The van der Waals surface area contributed by atoms with Crippen LogP contribution in [0.15, 0.2) is 48.5 Å². The van der Waals surface area contributed by atoms with Crippen molar-refractivity contribution in [2.45, 2.75) is 20.0 Å². The number of hydrogen-bond donors (Lipinski definition) is 1. The van der Waals surface area contributed by atoms with Gasteiger partial charge in [0.2, 0.25) is 0 Å². The van der Waals surface area contributed by atoms with Crippen LogP contribution >= 0.6 is 7.60 Å². The second-order valence-corrected chi connectivity index (χ2v) is 8.17. The van der Waals surface area contributed by atoms with Crippen molar-refractivity contribution in [1.82, 2.24) is 0 Å². The first-order chi connectivity index (χ1) is 13.1. The van der Waals surface area contributed by atoms with Crippen LogP contribution in [0.2, 0.25) is 0 Å². The van der Waals surface area contributed by atoms with Gasteiger partial charge in [-0.25, -0.2) is 0 Å². The lowest BCUT2D eigenvalue weighted by Gasteiger charge is -2.20. The lowest BCUT2D eigenvalue weighted by atomic mass is 9.99. The molecule has 0 spiro atoms. The van der Waals surface area contributed by atoms with Gasteiger partial charge in [-0.2, -0.15) is 0 Å². The lowest BCUT2D eigenvalue weighted by molar-refractivity contribution is 0.204. The van der Waals surface area contributed by atoms with Gasteiger partial charge in [0, 0.05) is 10.8 Å². The van der Waals surface area contributed by atoms with E-state index in [0.717, 1.165) is 27.1 Å². The van der Waals surface area contributed by atoms with Crippen molar-refractivity contribution in [2.75, 3.05) is 26.4 Å². The van der Waals surface area contributed by atoms with E-state index in [-0.39, 0.29) is 19.4 Å². The van der Waals surface area contributed by atoms with Gasteiger partial charge in [0.15, 0.2) is 0 Å². The molecule has 0 amide bonds. The number of aliphatic hydroxyl groups is 1. The Morgan fingerprint density at radius 2 is 1.67 bits per heavy atom. The van der Waals surface area contributed by atoms with E-state index in [1.165, 1.54) is 0 Å². The summed E-state index contributed by atoms with van der Waals surface area (Å²) in [7, 11) is -3.26. The monoisotopic (exact) mass is 388 g/mol. The van der Waals surface area contributed by atoms with Crippen molar-refractivity contribution in [1.29, 1.82) is 0 Å². The molecule has 0 radical (unpaired) electrons. The third-order valence-corrected chi connectivity index (χ3v) is 6.31. The first kappa shape index (κ1) is 19.8. The topological polar surface area (TPSA) is 65.0 Å². The third kappa shape index (κ3) is 4.33. The highest BCUT2D eigenvalue weighted by Crippen LogP contribution is 2.53. The van der Waals surface area contributed by atoms with Gasteiger partial charge < -0.3 is 18.9 Å². The fourth-order valence-electron chi connectivity index (χ4n) is 3.31. The molecule has 0 aliphatic heterocycles. The van der Waals surface area contributed by atoms with Crippen molar-refractivity contribution >= 4 is 29.1 Å². The number of hydrogen-bond acceptors (Lipinski definition) is 5. The zero-order valence-electron chi connectivity index (χ0n) is 15.7. The average molecular weight is 388 g/mol. The minimum Gasteiger partial charge on any atom is -0.490 e. The van der Waals surface area contributed by atoms with Crippen LogP contribution in [-0.4, -0.2) is 31.5 Å². The Balaban J connectivity index is 2.21. The van der Waals surface area contributed by atoms with Gasteiger partial charge in [-0.3, -0.25) is 4.57 Å². The fraction of sp³-hybridized carbons (Fsp3) is 0.333. The molecule has 0 aromatic heterocycles. The summed E-state index contributed by atoms with van der Waals surface area (Å²) in [6.45, 7) is 4.35. The summed E-state index contributed by atoms with van der Waals surface area (Å²) in [4.78, 5) is 0. The Morgan fingerprint density at radius 1 is 0.963 bits per heavy atom. The van der Waals surface area contributed by atoms with Crippen LogP contribution in [-0.2, 0) is 19.8 Å². The molecule has 0 saturated heterocycles. The Hall–Kier alpha value is -1.91. The molecule has 1 N–H and O–H groups in total. The predicted molar refractivity (Wildman–Crippen MR) is 109 cm³/mol. The molecule has 0 aliphatic carbocycles. The molecule has 6 heteroatoms. The molecule has 0 saturated carbocycles. The first-order valence-corrected chi connectivity index (χ1v) is 10.9. The molecule has 3 aromatic carbocycles. The highest BCUT2D eigenvalue weighted by Gasteiger charge is 2.26. The van der Waals surface area contributed by atoms with Crippen LogP contribution in [0, 0.1) is 0 Å². The summed E-state index contributed by atoms with van der Waals surface area (Å²) in [5, 5.41) is 13.1. The summed E-state index contributed by atoms with van der Waals surface area (Å²) >= 11 is 0. The van der Waals surface area contributed by atoms with Gasteiger partial charge in [0.1, 0.15) is 12.4 Å². The van der Waals surface area contributed by atoms with Crippen LogP contribution in [0.25, 0.3) is 21.5 Å². The number of fused-ring (bicyclic) bond motifs is 2. The largest absolute Gasteiger partial charge is 0.490 e. The maximum absolute atomic E-state index is 13.1. The zero-order valence-corrected chi connectivity index (χ0v) is 16.6. The molecular weight excluding hydrogens is 363 g/mol. The zero-order chi connectivity index (χ0) is 19.3.